The zero-order valence-electron chi connectivity index (χ0n) is 12.0. The van der Waals surface area contributed by atoms with Crippen LogP contribution in [0.5, 0.6) is 0 Å². The lowest BCUT2D eigenvalue weighted by atomic mass is 10.3. The van der Waals surface area contributed by atoms with Gasteiger partial charge >= 0.3 is 0 Å². The van der Waals surface area contributed by atoms with Gasteiger partial charge in [0, 0.05) is 6.20 Å². The number of benzene rings is 1. The Morgan fingerprint density at radius 2 is 1.87 bits per heavy atom. The average molecular weight is 327 g/mol. The van der Waals surface area contributed by atoms with Crippen LogP contribution >= 0.6 is 0 Å². The number of furan rings is 1. The highest BCUT2D eigenvalue weighted by Gasteiger charge is 2.14. The van der Waals surface area contributed by atoms with Gasteiger partial charge in [0.2, 0.25) is 0 Å². The Kier molecular flexibility index (Phi) is 4.20. The van der Waals surface area contributed by atoms with E-state index in [1.54, 1.807) is 54.9 Å². The number of nitrogens with zero attached hydrogens (tertiary/aromatic N) is 2. The van der Waals surface area contributed by atoms with Crippen molar-refractivity contribution >= 4 is 27.7 Å². The monoisotopic (exact) mass is 327 g/mol. The van der Waals surface area contributed by atoms with Gasteiger partial charge in [-0.25, -0.2) is 13.4 Å². The summed E-state index contributed by atoms with van der Waals surface area (Å²) in [6, 6.07) is 14.7. The first-order valence-electron chi connectivity index (χ1n) is 6.75. The van der Waals surface area contributed by atoms with E-state index in [-0.39, 0.29) is 10.7 Å². The fraction of sp³-hybridized carbons (Fsp3) is 0. The van der Waals surface area contributed by atoms with E-state index < -0.39 is 10.0 Å². The Labute approximate surface area is 133 Å². The first kappa shape index (κ1) is 15.0. The largest absolute Gasteiger partial charge is 0.463 e. The van der Waals surface area contributed by atoms with Crippen LogP contribution in [0, 0.1) is 0 Å². The Morgan fingerprint density at radius 1 is 1.04 bits per heavy atom. The van der Waals surface area contributed by atoms with Gasteiger partial charge in [0.05, 0.1) is 23.1 Å². The molecule has 2 heterocycles. The average Bonchev–Trinajstić information content (AvgIpc) is 3.07. The predicted octanol–water partition coefficient (Wildman–Crippen LogP) is 3.23. The molecule has 0 radical (unpaired) electrons. The molecule has 0 aliphatic heterocycles. The zero-order chi connectivity index (χ0) is 16.1. The minimum Gasteiger partial charge on any atom is -0.463 e. The van der Waals surface area contributed by atoms with Crippen LogP contribution in [0.1, 0.15) is 5.76 Å². The molecule has 7 heteroatoms. The maximum Gasteiger partial charge on any atom is 0.263 e. The maximum atomic E-state index is 12.3. The molecule has 3 rings (SSSR count). The molecule has 0 fully saturated rings. The van der Waals surface area contributed by atoms with E-state index in [1.165, 1.54) is 18.3 Å². The number of hydrogen-bond donors (Lipinski definition) is 1. The summed E-state index contributed by atoms with van der Waals surface area (Å²) in [5, 5.41) is 0. The number of rotatable bonds is 5. The van der Waals surface area contributed by atoms with Crippen LogP contribution < -0.4 is 4.72 Å². The third kappa shape index (κ3) is 3.83. The summed E-state index contributed by atoms with van der Waals surface area (Å²) in [4.78, 5) is 8.29. The molecule has 6 nitrogen and oxygen atoms in total. The fourth-order valence-corrected chi connectivity index (χ4v) is 2.84. The van der Waals surface area contributed by atoms with Gasteiger partial charge in [-0.2, -0.15) is 0 Å². The highest BCUT2D eigenvalue weighted by atomic mass is 32.2. The maximum absolute atomic E-state index is 12.3. The standard InChI is InChI=1S/C16H13N3O3S/c20-23(21,19-16-5-1-2-10-17-16)15-8-6-13(7-9-15)18-12-14-4-3-11-22-14/h1-12H,(H,17,19). The Balaban J connectivity index is 1.76. The Morgan fingerprint density at radius 3 is 2.52 bits per heavy atom. The van der Waals surface area contributed by atoms with Crippen LogP contribution in [-0.2, 0) is 10.0 Å². The van der Waals surface area contributed by atoms with Crippen molar-refractivity contribution in [2.75, 3.05) is 4.72 Å². The smallest absolute Gasteiger partial charge is 0.263 e. The number of pyridine rings is 1. The van der Waals surface area contributed by atoms with Crippen molar-refractivity contribution in [3.05, 3.63) is 72.8 Å². The molecule has 1 N–H and O–H groups in total. The van der Waals surface area contributed by atoms with Gasteiger partial charge in [0.25, 0.3) is 10.0 Å². The quantitative estimate of drug-likeness (QED) is 0.729. The molecule has 0 aliphatic carbocycles. The van der Waals surface area contributed by atoms with E-state index in [1.807, 2.05) is 0 Å². The van der Waals surface area contributed by atoms with E-state index in [0.29, 0.717) is 11.4 Å². The second-order valence-electron chi connectivity index (χ2n) is 4.59. The van der Waals surface area contributed by atoms with Gasteiger partial charge in [-0.15, -0.1) is 0 Å². The van der Waals surface area contributed by atoms with E-state index in [2.05, 4.69) is 14.7 Å². The number of hydrogen-bond acceptors (Lipinski definition) is 5. The minimum atomic E-state index is -3.67. The third-order valence-electron chi connectivity index (χ3n) is 2.93. The number of anilines is 1. The number of nitrogens with one attached hydrogen (secondary N) is 1. The molecule has 0 amide bonds. The lowest BCUT2D eigenvalue weighted by Crippen LogP contribution is -2.13. The molecule has 1 aromatic carbocycles. The zero-order valence-corrected chi connectivity index (χ0v) is 12.8. The van der Waals surface area contributed by atoms with Crippen molar-refractivity contribution in [1.29, 1.82) is 0 Å². The summed E-state index contributed by atoms with van der Waals surface area (Å²) in [6.07, 6.45) is 4.64. The van der Waals surface area contributed by atoms with Gasteiger partial charge in [-0.3, -0.25) is 9.71 Å². The molecule has 0 aliphatic rings. The Bertz CT molecular complexity index is 888. The molecule has 0 atom stereocenters. The van der Waals surface area contributed by atoms with Crippen LogP contribution in [-0.4, -0.2) is 19.6 Å². The predicted molar refractivity (Wildman–Crippen MR) is 87.4 cm³/mol. The van der Waals surface area contributed by atoms with Gasteiger partial charge in [0.1, 0.15) is 11.6 Å². The third-order valence-corrected chi connectivity index (χ3v) is 4.31. The van der Waals surface area contributed by atoms with Crippen molar-refractivity contribution < 1.29 is 12.8 Å². The van der Waals surface area contributed by atoms with Gasteiger partial charge < -0.3 is 4.42 Å². The summed E-state index contributed by atoms with van der Waals surface area (Å²) < 4.78 is 32.1. The minimum absolute atomic E-state index is 0.139. The molecule has 23 heavy (non-hydrogen) atoms. The summed E-state index contributed by atoms with van der Waals surface area (Å²) in [7, 11) is -3.67. The molecule has 0 saturated heterocycles. The number of sulfonamides is 1. The first-order chi connectivity index (χ1) is 11.1. The molecule has 3 aromatic rings. The second-order valence-corrected chi connectivity index (χ2v) is 6.27. The van der Waals surface area contributed by atoms with Crippen molar-refractivity contribution in [3.63, 3.8) is 0 Å². The molecule has 2 aromatic heterocycles. The topological polar surface area (TPSA) is 84.6 Å². The van der Waals surface area contributed by atoms with Crippen LogP contribution in [0.15, 0.2) is 81.4 Å². The van der Waals surface area contributed by atoms with Gasteiger partial charge in [-0.05, 0) is 48.5 Å². The molecule has 116 valence electrons. The normalized spacial score (nSPS) is 11.7. The van der Waals surface area contributed by atoms with Crippen molar-refractivity contribution in [1.82, 2.24) is 4.98 Å². The highest BCUT2D eigenvalue weighted by molar-refractivity contribution is 7.92. The Hall–Kier alpha value is -2.93. The molecule has 0 bridgehead atoms. The van der Waals surface area contributed by atoms with Crippen LogP contribution in [0.25, 0.3) is 0 Å². The molecule has 0 spiro atoms. The number of aromatic nitrogens is 1. The highest BCUT2D eigenvalue weighted by Crippen LogP contribution is 2.18. The van der Waals surface area contributed by atoms with E-state index >= 15 is 0 Å². The van der Waals surface area contributed by atoms with Crippen LogP contribution in [0.2, 0.25) is 0 Å². The lowest BCUT2D eigenvalue weighted by molar-refractivity contribution is 0.560. The molecular formula is C16H13N3O3S. The molecule has 0 saturated carbocycles. The summed E-state index contributed by atoms with van der Waals surface area (Å²) in [5.74, 6) is 0.894. The van der Waals surface area contributed by atoms with Crippen molar-refractivity contribution in [2.24, 2.45) is 4.99 Å². The van der Waals surface area contributed by atoms with Crippen LogP contribution in [0.4, 0.5) is 11.5 Å². The fourth-order valence-electron chi connectivity index (χ4n) is 1.83. The summed E-state index contributed by atoms with van der Waals surface area (Å²) in [6.45, 7) is 0. The van der Waals surface area contributed by atoms with Gasteiger partial charge in [-0.1, -0.05) is 6.07 Å². The van der Waals surface area contributed by atoms with Crippen LogP contribution in [0.3, 0.4) is 0 Å². The molecular weight excluding hydrogens is 314 g/mol. The van der Waals surface area contributed by atoms with E-state index in [9.17, 15) is 8.42 Å². The van der Waals surface area contributed by atoms with Gasteiger partial charge in [0.15, 0.2) is 0 Å². The van der Waals surface area contributed by atoms with Crippen molar-refractivity contribution in [3.8, 4) is 0 Å². The number of aliphatic imine (C=N–C) groups is 1. The first-order valence-corrected chi connectivity index (χ1v) is 8.23. The van der Waals surface area contributed by atoms with E-state index in [0.717, 1.165) is 0 Å². The lowest BCUT2D eigenvalue weighted by Gasteiger charge is -2.07. The van der Waals surface area contributed by atoms with E-state index in [4.69, 9.17) is 4.42 Å². The second kappa shape index (κ2) is 6.45. The summed E-state index contributed by atoms with van der Waals surface area (Å²) >= 11 is 0. The molecule has 0 unspecified atom stereocenters. The SMILES string of the molecule is O=S(=O)(Nc1ccccn1)c1ccc(N=Cc2ccco2)cc1. The van der Waals surface area contributed by atoms with Crippen molar-refractivity contribution in [2.45, 2.75) is 4.90 Å². The summed E-state index contributed by atoms with van der Waals surface area (Å²) in [5.41, 5.74) is 0.623.